The van der Waals surface area contributed by atoms with Gasteiger partial charge in [0.15, 0.2) is 17.1 Å². The molecule has 0 atom stereocenters. The molecule has 1 amide bonds. The van der Waals surface area contributed by atoms with Crippen molar-refractivity contribution in [2.75, 3.05) is 22.6 Å². The zero-order valence-corrected chi connectivity index (χ0v) is 40.0. The summed E-state index contributed by atoms with van der Waals surface area (Å²) in [6, 6.07) is 14.4. The molecule has 0 spiro atoms. The average Bonchev–Trinajstić information content (AvgIpc) is 4.16. The van der Waals surface area contributed by atoms with E-state index >= 15 is 0 Å². The number of fused-ring (bicyclic) bond motifs is 3. The standard InChI is InChI=1S/C16H13N5O2S.C14H11N5O3S.C14H9N5O2S.Li.2H2O/c1-2-23-15(22)13-14-12(3-4-24-14)20-16(21-13)19-9-11-5-10(6-17)7-18-8-11;15-12(20)8-3-7(4-16-6-8)5-17-14-18-9-1-2-23-11(9)10(19-14)13(21)22;15-4-8-3-9(6-16-5-8)7-17-14-18-10-1-2-22-12(10)11(19-14)13(20)21;;;/h3-5,7-8H,2,9H2,1H3,(H,19,20,21);1-4,6H,5H2,(H2,15,20)(H,21,22)(H,17,18,19);1-3,5-6H,7H2,(H,20,21)(H,17,18,19);;2*1H2/q;;;+1;;/p-1. The molecule has 0 aliphatic heterocycles. The van der Waals surface area contributed by atoms with Crippen molar-refractivity contribution < 1.29 is 63.9 Å². The van der Waals surface area contributed by atoms with Crippen molar-refractivity contribution in [3.63, 3.8) is 0 Å². The van der Waals surface area contributed by atoms with Gasteiger partial charge in [-0.1, -0.05) is 0 Å². The summed E-state index contributed by atoms with van der Waals surface area (Å²) >= 11 is 3.96. The normalized spacial score (nSPS) is 9.99. The average molecular weight is 1020 g/mol. The molecule has 72 heavy (non-hydrogen) atoms. The maximum Gasteiger partial charge on any atom is 1.00 e. The van der Waals surface area contributed by atoms with E-state index in [2.05, 4.69) is 60.8 Å². The molecule has 9 aromatic heterocycles. The van der Waals surface area contributed by atoms with E-state index in [1.807, 2.05) is 23.6 Å². The SMILES string of the molecule is CCOC(=O)c1nc(NCc2cncc(C#N)c2)nc2ccsc12.N#Cc1cncc(CNc2nc(C(=O)O)c3sccc3n2)c1.NC(=O)c1cncc(CNc2nc(C(=O)O)c3sccc3n2)c1.O.[Li+].[OH-]. The number of primary amides is 1. The Bertz CT molecular complexity index is 3470. The number of carboxylic acid groups (broad SMARTS) is 2. The van der Waals surface area contributed by atoms with Gasteiger partial charge in [-0.3, -0.25) is 19.7 Å². The molecular formula is C44H36LiN15O9S3. The molecule has 0 aliphatic carbocycles. The number of esters is 1. The smallest absolute Gasteiger partial charge is 0.870 e. The number of rotatable bonds is 14. The van der Waals surface area contributed by atoms with Crippen LogP contribution in [0.3, 0.4) is 0 Å². The van der Waals surface area contributed by atoms with E-state index in [0.717, 1.165) is 11.1 Å². The number of aromatic nitrogens is 9. The molecule has 10 N–H and O–H groups in total. The molecule has 0 saturated carbocycles. The van der Waals surface area contributed by atoms with Crippen molar-refractivity contribution in [2.45, 2.75) is 26.6 Å². The van der Waals surface area contributed by atoms with Gasteiger partial charge in [0, 0.05) is 56.8 Å². The Morgan fingerprint density at radius 1 is 0.611 bits per heavy atom. The molecule has 24 nitrogen and oxygen atoms in total. The Hall–Kier alpha value is -8.65. The fraction of sp³-hybridized carbons (Fsp3) is 0.114. The number of pyridine rings is 3. The molecule has 0 unspecified atom stereocenters. The molecule has 28 heteroatoms. The van der Waals surface area contributed by atoms with Gasteiger partial charge in [0.1, 0.15) is 12.1 Å². The van der Waals surface area contributed by atoms with Crippen molar-refractivity contribution in [1.82, 2.24) is 44.9 Å². The van der Waals surface area contributed by atoms with E-state index in [4.69, 9.17) is 21.0 Å². The van der Waals surface area contributed by atoms with Gasteiger partial charge in [-0.05, 0) is 76.2 Å². The zero-order valence-electron chi connectivity index (χ0n) is 37.6. The van der Waals surface area contributed by atoms with Gasteiger partial charge >= 0.3 is 36.8 Å². The Morgan fingerprint density at radius 2 is 0.986 bits per heavy atom. The van der Waals surface area contributed by atoms with Crippen LogP contribution in [0.15, 0.2) is 89.7 Å². The van der Waals surface area contributed by atoms with Crippen molar-refractivity contribution in [1.29, 1.82) is 10.5 Å². The number of nitrogens with two attached hydrogens (primary N) is 1. The van der Waals surface area contributed by atoms with Crippen molar-refractivity contribution >= 4 is 106 Å². The van der Waals surface area contributed by atoms with Gasteiger partial charge in [0.05, 0.1) is 53.9 Å². The molecule has 0 radical (unpaired) electrons. The Morgan fingerprint density at radius 3 is 1.36 bits per heavy atom. The maximum atomic E-state index is 12.1. The molecule has 9 rings (SSSR count). The minimum Gasteiger partial charge on any atom is -0.870 e. The topological polar surface area (TPSA) is 405 Å². The maximum absolute atomic E-state index is 12.1. The second-order valence-corrected chi connectivity index (χ2v) is 16.6. The van der Waals surface area contributed by atoms with Gasteiger partial charge in [0.2, 0.25) is 23.8 Å². The van der Waals surface area contributed by atoms with Gasteiger partial charge in [0.25, 0.3) is 0 Å². The van der Waals surface area contributed by atoms with Gasteiger partial charge < -0.3 is 47.6 Å². The summed E-state index contributed by atoms with van der Waals surface area (Å²) in [5.41, 5.74) is 10.8. The summed E-state index contributed by atoms with van der Waals surface area (Å²) in [6.07, 6.45) is 9.19. The first-order chi connectivity index (χ1) is 33.4. The third-order valence-corrected chi connectivity index (χ3v) is 11.8. The van der Waals surface area contributed by atoms with Gasteiger partial charge in [-0.2, -0.15) is 10.5 Å². The van der Waals surface area contributed by atoms with Crippen LogP contribution in [0.5, 0.6) is 0 Å². The number of aromatic carboxylic acids is 2. The van der Waals surface area contributed by atoms with Gasteiger partial charge in [-0.25, -0.2) is 44.3 Å². The molecule has 0 bridgehead atoms. The second-order valence-electron chi connectivity index (χ2n) is 13.8. The summed E-state index contributed by atoms with van der Waals surface area (Å²) in [5, 5.41) is 50.5. The number of nitriles is 2. The van der Waals surface area contributed by atoms with Gasteiger partial charge in [-0.15, -0.1) is 34.0 Å². The van der Waals surface area contributed by atoms with Crippen molar-refractivity contribution in [2.24, 2.45) is 5.73 Å². The van der Waals surface area contributed by atoms with Crippen LogP contribution in [0.2, 0.25) is 0 Å². The van der Waals surface area contributed by atoms with Crippen LogP contribution in [-0.2, 0) is 24.4 Å². The number of carbonyl (C=O) groups excluding carboxylic acids is 2. The molecule has 0 saturated heterocycles. The van der Waals surface area contributed by atoms with E-state index in [1.54, 1.807) is 66.6 Å². The molecule has 360 valence electrons. The van der Waals surface area contributed by atoms with E-state index in [0.29, 0.717) is 71.9 Å². The minimum absolute atomic E-state index is 0. The summed E-state index contributed by atoms with van der Waals surface area (Å²) in [4.78, 5) is 82.9. The molecule has 9 heterocycles. The number of carbonyl (C=O) groups is 4. The fourth-order valence-electron chi connectivity index (χ4n) is 6.01. The third kappa shape index (κ3) is 14.2. The molecule has 9 aromatic rings. The number of amides is 1. The monoisotopic (exact) mass is 1020 g/mol. The predicted octanol–water partition coefficient (Wildman–Crippen LogP) is 2.51. The number of nitrogens with one attached hydrogen (secondary N) is 3. The molecule has 0 aromatic carbocycles. The van der Waals surface area contributed by atoms with Crippen LogP contribution in [0.1, 0.15) is 76.6 Å². The van der Waals surface area contributed by atoms with E-state index in [-0.39, 0.29) is 71.9 Å². The number of hydrogen-bond donors (Lipinski definition) is 6. The van der Waals surface area contributed by atoms with E-state index < -0.39 is 23.8 Å². The Balaban J connectivity index is 0.000000230. The summed E-state index contributed by atoms with van der Waals surface area (Å²) < 4.78 is 6.83. The summed E-state index contributed by atoms with van der Waals surface area (Å²) in [5.74, 6) is -2.49. The van der Waals surface area contributed by atoms with Crippen LogP contribution in [0, 0.1) is 22.7 Å². The number of anilines is 3. The molecular weight excluding hydrogens is 986 g/mol. The van der Waals surface area contributed by atoms with Crippen LogP contribution in [0.25, 0.3) is 30.6 Å². The van der Waals surface area contributed by atoms with Crippen LogP contribution < -0.4 is 40.5 Å². The Labute approximate surface area is 430 Å². The molecule has 0 aliphatic rings. The number of thiophene rings is 3. The number of ether oxygens (including phenoxy) is 1. The number of hydrogen-bond acceptors (Lipinski definition) is 23. The van der Waals surface area contributed by atoms with Crippen LogP contribution in [-0.4, -0.2) is 96.4 Å². The third-order valence-electron chi connectivity index (χ3n) is 9.06. The van der Waals surface area contributed by atoms with E-state index in [9.17, 15) is 29.4 Å². The first-order valence-corrected chi connectivity index (χ1v) is 22.6. The molecule has 0 fully saturated rings. The predicted molar refractivity (Wildman–Crippen MR) is 260 cm³/mol. The second kappa shape index (κ2) is 26.4. The fourth-order valence-corrected chi connectivity index (χ4v) is 8.44. The zero-order chi connectivity index (χ0) is 48.9. The Kier molecular flexibility index (Phi) is 20.5. The van der Waals surface area contributed by atoms with E-state index in [1.165, 1.54) is 52.6 Å². The summed E-state index contributed by atoms with van der Waals surface area (Å²) in [7, 11) is 0. The first kappa shape index (κ1) is 55.9. The van der Waals surface area contributed by atoms with Crippen molar-refractivity contribution in [3.05, 3.63) is 140 Å². The quantitative estimate of drug-likeness (QED) is 0.0673. The number of nitrogens with zero attached hydrogens (tertiary/aromatic N) is 11. The van der Waals surface area contributed by atoms with Crippen molar-refractivity contribution in [3.8, 4) is 12.1 Å². The number of carboxylic acids is 2. The largest absolute Gasteiger partial charge is 1.00 e. The van der Waals surface area contributed by atoms with Crippen LogP contribution >= 0.6 is 34.0 Å². The summed E-state index contributed by atoms with van der Waals surface area (Å²) in [6.45, 7) is 3.05. The first-order valence-electron chi connectivity index (χ1n) is 20.0. The minimum atomic E-state index is -1.11. The van der Waals surface area contributed by atoms with Crippen LogP contribution in [0.4, 0.5) is 17.8 Å².